The molecule has 0 radical (unpaired) electrons. The lowest BCUT2D eigenvalue weighted by Crippen LogP contribution is -1.97. The van der Waals surface area contributed by atoms with E-state index in [9.17, 15) is 0 Å². The Labute approximate surface area is 146 Å². The van der Waals surface area contributed by atoms with Gasteiger partial charge in [-0.3, -0.25) is 0 Å². The number of nitrogens with two attached hydrogens (primary N) is 1. The SMILES string of the molecule is COc1cccc2c(-c3cccc4ccccc34)c(N)cc(OC)c12. The number of hydrogen-bond acceptors (Lipinski definition) is 3. The molecule has 2 N–H and O–H groups in total. The molecule has 0 atom stereocenters. The lowest BCUT2D eigenvalue weighted by Gasteiger charge is -2.17. The smallest absolute Gasteiger partial charge is 0.132 e. The molecule has 0 amide bonds. The van der Waals surface area contributed by atoms with Crippen LogP contribution in [0.25, 0.3) is 32.7 Å². The van der Waals surface area contributed by atoms with Crippen LogP contribution in [0, 0.1) is 0 Å². The molecule has 4 rings (SSSR count). The summed E-state index contributed by atoms with van der Waals surface area (Å²) in [5.41, 5.74) is 9.26. The minimum atomic E-state index is 0.689. The minimum absolute atomic E-state index is 0.689. The van der Waals surface area contributed by atoms with Crippen molar-refractivity contribution in [3.05, 3.63) is 66.7 Å². The Balaban J connectivity index is 2.17. The highest BCUT2D eigenvalue weighted by molar-refractivity contribution is 6.12. The Morgan fingerprint density at radius 2 is 1.40 bits per heavy atom. The summed E-state index contributed by atoms with van der Waals surface area (Å²) >= 11 is 0. The van der Waals surface area contributed by atoms with Gasteiger partial charge in [0.15, 0.2) is 0 Å². The number of benzene rings is 4. The first-order chi connectivity index (χ1) is 12.2. The summed E-state index contributed by atoms with van der Waals surface area (Å²) in [4.78, 5) is 0. The van der Waals surface area contributed by atoms with E-state index in [1.54, 1.807) is 14.2 Å². The van der Waals surface area contributed by atoms with Gasteiger partial charge in [-0.1, -0.05) is 54.6 Å². The number of nitrogen functional groups attached to an aromatic ring is 1. The van der Waals surface area contributed by atoms with E-state index < -0.39 is 0 Å². The Morgan fingerprint density at radius 3 is 2.20 bits per heavy atom. The molecule has 0 heterocycles. The number of methoxy groups -OCH3 is 2. The van der Waals surface area contributed by atoms with Gasteiger partial charge in [-0.05, 0) is 27.8 Å². The molecule has 0 saturated heterocycles. The molecular weight excluding hydrogens is 310 g/mol. The van der Waals surface area contributed by atoms with Crippen molar-refractivity contribution >= 4 is 27.2 Å². The van der Waals surface area contributed by atoms with E-state index in [0.717, 1.165) is 27.6 Å². The summed E-state index contributed by atoms with van der Waals surface area (Å²) in [6.07, 6.45) is 0. The van der Waals surface area contributed by atoms with Gasteiger partial charge in [0, 0.05) is 17.3 Å². The quantitative estimate of drug-likeness (QED) is 0.521. The van der Waals surface area contributed by atoms with Crippen LogP contribution in [0.15, 0.2) is 66.7 Å². The van der Waals surface area contributed by atoms with Gasteiger partial charge in [0.2, 0.25) is 0 Å². The second-order valence-electron chi connectivity index (χ2n) is 5.95. The first-order valence-electron chi connectivity index (χ1n) is 8.16. The third-order valence-corrected chi connectivity index (χ3v) is 4.62. The van der Waals surface area contributed by atoms with Crippen molar-refractivity contribution in [2.75, 3.05) is 20.0 Å². The van der Waals surface area contributed by atoms with Crippen LogP contribution >= 0.6 is 0 Å². The highest BCUT2D eigenvalue weighted by Crippen LogP contribution is 2.44. The van der Waals surface area contributed by atoms with Crippen LogP contribution in [-0.2, 0) is 0 Å². The highest BCUT2D eigenvalue weighted by Gasteiger charge is 2.17. The molecular formula is C22H19NO2. The van der Waals surface area contributed by atoms with Gasteiger partial charge < -0.3 is 15.2 Å². The maximum Gasteiger partial charge on any atom is 0.132 e. The average Bonchev–Trinajstić information content (AvgIpc) is 2.66. The lowest BCUT2D eigenvalue weighted by molar-refractivity contribution is 0.405. The van der Waals surface area contributed by atoms with E-state index in [4.69, 9.17) is 15.2 Å². The first-order valence-corrected chi connectivity index (χ1v) is 8.16. The molecule has 0 fully saturated rings. The summed E-state index contributed by atoms with van der Waals surface area (Å²) in [5, 5.41) is 4.31. The predicted octanol–water partition coefficient (Wildman–Crippen LogP) is 5.26. The van der Waals surface area contributed by atoms with Crippen LogP contribution in [0.1, 0.15) is 0 Å². The molecule has 25 heavy (non-hydrogen) atoms. The second kappa shape index (κ2) is 6.02. The van der Waals surface area contributed by atoms with Gasteiger partial charge in [0.25, 0.3) is 0 Å². The zero-order valence-corrected chi connectivity index (χ0v) is 14.2. The van der Waals surface area contributed by atoms with E-state index in [2.05, 4.69) is 36.4 Å². The molecule has 3 nitrogen and oxygen atoms in total. The Bertz CT molecular complexity index is 1080. The van der Waals surface area contributed by atoms with Crippen molar-refractivity contribution in [1.29, 1.82) is 0 Å². The number of hydrogen-bond donors (Lipinski definition) is 1. The maximum atomic E-state index is 6.46. The topological polar surface area (TPSA) is 44.5 Å². The largest absolute Gasteiger partial charge is 0.496 e. The predicted molar refractivity (Wildman–Crippen MR) is 104 cm³/mol. The van der Waals surface area contributed by atoms with Gasteiger partial charge in [-0.2, -0.15) is 0 Å². The summed E-state index contributed by atoms with van der Waals surface area (Å²) in [6, 6.07) is 22.5. The Kier molecular flexibility index (Phi) is 3.69. The normalized spacial score (nSPS) is 11.0. The number of fused-ring (bicyclic) bond motifs is 2. The van der Waals surface area contributed by atoms with Crippen LogP contribution in [0.5, 0.6) is 11.5 Å². The fourth-order valence-corrected chi connectivity index (χ4v) is 3.51. The fourth-order valence-electron chi connectivity index (χ4n) is 3.51. The number of anilines is 1. The molecule has 0 aliphatic rings. The van der Waals surface area contributed by atoms with Crippen LogP contribution in [0.3, 0.4) is 0 Å². The molecule has 0 unspecified atom stereocenters. The van der Waals surface area contributed by atoms with Crippen molar-refractivity contribution in [1.82, 2.24) is 0 Å². The first kappa shape index (κ1) is 15.3. The molecule has 0 aromatic heterocycles. The molecule has 0 spiro atoms. The average molecular weight is 329 g/mol. The van der Waals surface area contributed by atoms with Crippen LogP contribution in [0.2, 0.25) is 0 Å². The van der Waals surface area contributed by atoms with E-state index in [1.807, 2.05) is 30.3 Å². The lowest BCUT2D eigenvalue weighted by atomic mass is 9.92. The summed E-state index contributed by atoms with van der Waals surface area (Å²) in [5.74, 6) is 1.49. The number of ether oxygens (including phenoxy) is 2. The van der Waals surface area contributed by atoms with E-state index in [-0.39, 0.29) is 0 Å². The third-order valence-electron chi connectivity index (χ3n) is 4.62. The molecule has 3 heteroatoms. The van der Waals surface area contributed by atoms with Crippen molar-refractivity contribution in [2.45, 2.75) is 0 Å². The minimum Gasteiger partial charge on any atom is -0.496 e. The monoisotopic (exact) mass is 329 g/mol. The van der Waals surface area contributed by atoms with Crippen molar-refractivity contribution in [3.63, 3.8) is 0 Å². The standard InChI is InChI=1S/C22H19NO2/c1-24-19-12-6-11-17-21(18(23)13-20(25-2)22(17)19)16-10-5-8-14-7-3-4-9-15(14)16/h3-13H,23H2,1-2H3. The van der Waals surface area contributed by atoms with E-state index >= 15 is 0 Å². The van der Waals surface area contributed by atoms with Crippen molar-refractivity contribution in [2.24, 2.45) is 0 Å². The number of rotatable bonds is 3. The second-order valence-corrected chi connectivity index (χ2v) is 5.95. The third kappa shape index (κ3) is 2.36. The van der Waals surface area contributed by atoms with Gasteiger partial charge in [-0.15, -0.1) is 0 Å². The van der Waals surface area contributed by atoms with Crippen LogP contribution in [0.4, 0.5) is 5.69 Å². The van der Waals surface area contributed by atoms with E-state index in [0.29, 0.717) is 11.4 Å². The Morgan fingerprint density at radius 1 is 0.720 bits per heavy atom. The zero-order chi connectivity index (χ0) is 17.4. The van der Waals surface area contributed by atoms with Crippen LogP contribution in [-0.4, -0.2) is 14.2 Å². The molecule has 0 bridgehead atoms. The molecule has 0 aliphatic heterocycles. The van der Waals surface area contributed by atoms with Crippen molar-refractivity contribution in [3.8, 4) is 22.6 Å². The Hall–Kier alpha value is -3.20. The molecule has 4 aromatic rings. The van der Waals surface area contributed by atoms with E-state index in [1.165, 1.54) is 10.8 Å². The summed E-state index contributed by atoms with van der Waals surface area (Å²) in [7, 11) is 3.32. The zero-order valence-electron chi connectivity index (χ0n) is 14.2. The fraction of sp³-hybridized carbons (Fsp3) is 0.0909. The summed E-state index contributed by atoms with van der Waals surface area (Å²) in [6.45, 7) is 0. The molecule has 124 valence electrons. The van der Waals surface area contributed by atoms with Gasteiger partial charge in [0.05, 0.1) is 19.6 Å². The van der Waals surface area contributed by atoms with Gasteiger partial charge in [-0.25, -0.2) is 0 Å². The van der Waals surface area contributed by atoms with Crippen LogP contribution < -0.4 is 15.2 Å². The molecule has 0 aliphatic carbocycles. The van der Waals surface area contributed by atoms with Gasteiger partial charge >= 0.3 is 0 Å². The maximum absolute atomic E-state index is 6.46. The van der Waals surface area contributed by atoms with Crippen molar-refractivity contribution < 1.29 is 9.47 Å². The molecule has 4 aromatic carbocycles. The molecule has 0 saturated carbocycles. The summed E-state index contributed by atoms with van der Waals surface area (Å²) < 4.78 is 11.1. The highest BCUT2D eigenvalue weighted by atomic mass is 16.5. The van der Waals surface area contributed by atoms with Gasteiger partial charge in [0.1, 0.15) is 11.5 Å².